The second kappa shape index (κ2) is 6.12. The molecule has 6 heteroatoms. The fourth-order valence-electron chi connectivity index (χ4n) is 2.74. The van der Waals surface area contributed by atoms with E-state index in [1.807, 2.05) is 23.1 Å². The van der Waals surface area contributed by atoms with Gasteiger partial charge >= 0.3 is 0 Å². The summed E-state index contributed by atoms with van der Waals surface area (Å²) in [6.07, 6.45) is 1.38. The minimum Gasteiger partial charge on any atom is -0.454 e. The standard InChI is InChI=1S/C15H20N2O3.ClH/c1-15(8-16)4-5-17(9-15)14(18)7-11-2-3-12-13(6-11)20-10-19-12;/h2-3,6H,4-5,7-10,16H2,1H3;1H. The predicted molar refractivity (Wildman–Crippen MR) is 81.9 cm³/mol. The number of halogens is 1. The van der Waals surface area contributed by atoms with Crippen LogP contribution in [0.1, 0.15) is 18.9 Å². The highest BCUT2D eigenvalue weighted by Gasteiger charge is 2.34. The van der Waals surface area contributed by atoms with E-state index in [-0.39, 0.29) is 30.5 Å². The molecule has 1 aromatic rings. The number of hydrogen-bond acceptors (Lipinski definition) is 4. The molecule has 0 saturated carbocycles. The Kier molecular flexibility index (Phi) is 4.64. The summed E-state index contributed by atoms with van der Waals surface area (Å²) in [4.78, 5) is 14.2. The number of amides is 1. The topological polar surface area (TPSA) is 64.8 Å². The molecule has 1 saturated heterocycles. The molecule has 1 amide bonds. The summed E-state index contributed by atoms with van der Waals surface area (Å²) in [7, 11) is 0. The van der Waals surface area contributed by atoms with Gasteiger partial charge in [-0.25, -0.2) is 0 Å². The Morgan fingerprint density at radius 1 is 1.38 bits per heavy atom. The maximum absolute atomic E-state index is 12.3. The van der Waals surface area contributed by atoms with Gasteiger partial charge in [-0.15, -0.1) is 12.4 Å². The molecule has 0 bridgehead atoms. The van der Waals surface area contributed by atoms with Crippen LogP contribution in [0.15, 0.2) is 18.2 Å². The summed E-state index contributed by atoms with van der Waals surface area (Å²) < 4.78 is 10.6. The third-order valence-electron chi connectivity index (χ3n) is 4.20. The van der Waals surface area contributed by atoms with Crippen molar-refractivity contribution >= 4 is 18.3 Å². The SMILES string of the molecule is CC1(CN)CCN(C(=O)Cc2ccc3c(c2)OCO3)C1.Cl. The quantitative estimate of drug-likeness (QED) is 0.920. The Balaban J connectivity index is 0.00000161. The van der Waals surface area contributed by atoms with Crippen LogP contribution in [-0.4, -0.2) is 37.2 Å². The number of fused-ring (bicyclic) bond motifs is 1. The van der Waals surface area contributed by atoms with Crippen molar-refractivity contribution in [3.05, 3.63) is 23.8 Å². The third-order valence-corrected chi connectivity index (χ3v) is 4.20. The zero-order chi connectivity index (χ0) is 14.2. The van der Waals surface area contributed by atoms with Crippen LogP contribution in [0.2, 0.25) is 0 Å². The number of rotatable bonds is 3. The largest absolute Gasteiger partial charge is 0.454 e. The zero-order valence-electron chi connectivity index (χ0n) is 12.1. The van der Waals surface area contributed by atoms with Crippen LogP contribution in [0.3, 0.4) is 0 Å². The molecule has 1 aromatic carbocycles. The molecular weight excluding hydrogens is 292 g/mol. The highest BCUT2D eigenvalue weighted by atomic mass is 35.5. The van der Waals surface area contributed by atoms with E-state index >= 15 is 0 Å². The van der Waals surface area contributed by atoms with Crippen molar-refractivity contribution in [1.29, 1.82) is 0 Å². The first-order valence-electron chi connectivity index (χ1n) is 6.96. The molecule has 2 aliphatic heterocycles. The molecule has 5 nitrogen and oxygen atoms in total. The highest BCUT2D eigenvalue weighted by molar-refractivity contribution is 5.85. The average Bonchev–Trinajstić information content (AvgIpc) is 3.05. The summed E-state index contributed by atoms with van der Waals surface area (Å²) in [6.45, 7) is 4.58. The minimum atomic E-state index is 0. The monoisotopic (exact) mass is 312 g/mol. The van der Waals surface area contributed by atoms with Gasteiger partial charge in [0.05, 0.1) is 6.42 Å². The van der Waals surface area contributed by atoms with Gasteiger partial charge in [0.15, 0.2) is 11.5 Å². The van der Waals surface area contributed by atoms with Crippen molar-refractivity contribution in [1.82, 2.24) is 4.90 Å². The van der Waals surface area contributed by atoms with Crippen LogP contribution >= 0.6 is 12.4 Å². The van der Waals surface area contributed by atoms with Crippen LogP contribution in [0.4, 0.5) is 0 Å². The fourth-order valence-corrected chi connectivity index (χ4v) is 2.74. The molecule has 21 heavy (non-hydrogen) atoms. The summed E-state index contributed by atoms with van der Waals surface area (Å²) in [5.41, 5.74) is 6.81. The third kappa shape index (κ3) is 3.24. The molecule has 2 heterocycles. The Labute approximate surface area is 130 Å². The van der Waals surface area contributed by atoms with Gasteiger partial charge in [0, 0.05) is 13.1 Å². The molecule has 2 N–H and O–H groups in total. The van der Waals surface area contributed by atoms with Gasteiger partial charge in [-0.2, -0.15) is 0 Å². The lowest BCUT2D eigenvalue weighted by Gasteiger charge is -2.22. The normalized spacial score (nSPS) is 23.0. The van der Waals surface area contributed by atoms with Crippen molar-refractivity contribution in [2.75, 3.05) is 26.4 Å². The molecule has 1 atom stereocenters. The second-order valence-electron chi connectivity index (χ2n) is 5.94. The Bertz CT molecular complexity index is 538. The van der Waals surface area contributed by atoms with Crippen molar-refractivity contribution < 1.29 is 14.3 Å². The number of carbonyl (C=O) groups excluding carboxylic acids is 1. The van der Waals surface area contributed by atoms with E-state index in [4.69, 9.17) is 15.2 Å². The van der Waals surface area contributed by atoms with Gasteiger partial charge < -0.3 is 20.1 Å². The smallest absolute Gasteiger partial charge is 0.231 e. The molecule has 1 fully saturated rings. The maximum atomic E-state index is 12.3. The second-order valence-corrected chi connectivity index (χ2v) is 5.94. The van der Waals surface area contributed by atoms with Crippen molar-refractivity contribution in [2.24, 2.45) is 11.1 Å². The van der Waals surface area contributed by atoms with Gasteiger partial charge in [-0.1, -0.05) is 13.0 Å². The lowest BCUT2D eigenvalue weighted by atomic mass is 9.90. The van der Waals surface area contributed by atoms with E-state index in [9.17, 15) is 4.79 Å². The number of benzene rings is 1. The Morgan fingerprint density at radius 3 is 2.86 bits per heavy atom. The van der Waals surface area contributed by atoms with Crippen molar-refractivity contribution in [3.63, 3.8) is 0 Å². The van der Waals surface area contributed by atoms with Gasteiger partial charge in [0.2, 0.25) is 12.7 Å². The van der Waals surface area contributed by atoms with Crippen LogP contribution in [-0.2, 0) is 11.2 Å². The number of nitrogens with zero attached hydrogens (tertiary/aromatic N) is 1. The summed E-state index contributed by atoms with van der Waals surface area (Å²) in [5.74, 6) is 1.63. The van der Waals surface area contributed by atoms with Gasteiger partial charge in [0.1, 0.15) is 0 Å². The van der Waals surface area contributed by atoms with Crippen molar-refractivity contribution in [3.8, 4) is 11.5 Å². The molecule has 0 aromatic heterocycles. The Morgan fingerprint density at radius 2 is 2.14 bits per heavy atom. The maximum Gasteiger partial charge on any atom is 0.231 e. The number of nitrogens with two attached hydrogens (primary N) is 1. The Hall–Kier alpha value is -1.46. The van der Waals surface area contributed by atoms with E-state index in [0.29, 0.717) is 13.0 Å². The molecule has 0 spiro atoms. The van der Waals surface area contributed by atoms with E-state index in [0.717, 1.165) is 36.6 Å². The molecule has 0 aliphatic carbocycles. The first kappa shape index (κ1) is 15.9. The highest BCUT2D eigenvalue weighted by Crippen LogP contribution is 2.33. The predicted octanol–water partition coefficient (Wildman–Crippen LogP) is 1.58. The molecule has 1 unspecified atom stereocenters. The average molecular weight is 313 g/mol. The number of ether oxygens (including phenoxy) is 2. The molecule has 116 valence electrons. The van der Waals surface area contributed by atoms with Crippen molar-refractivity contribution in [2.45, 2.75) is 19.8 Å². The lowest BCUT2D eigenvalue weighted by Crippen LogP contribution is -2.35. The van der Waals surface area contributed by atoms with Crippen LogP contribution in [0, 0.1) is 5.41 Å². The first-order valence-corrected chi connectivity index (χ1v) is 6.96. The first-order chi connectivity index (χ1) is 9.59. The molecule has 2 aliphatic rings. The number of hydrogen-bond donors (Lipinski definition) is 1. The van der Waals surface area contributed by atoms with Crippen LogP contribution in [0.5, 0.6) is 11.5 Å². The molecule has 0 radical (unpaired) electrons. The van der Waals surface area contributed by atoms with Gasteiger partial charge in [0.25, 0.3) is 0 Å². The van der Waals surface area contributed by atoms with Crippen LogP contribution in [0.25, 0.3) is 0 Å². The van der Waals surface area contributed by atoms with Crippen LogP contribution < -0.4 is 15.2 Å². The summed E-state index contributed by atoms with van der Waals surface area (Å²) in [6, 6.07) is 5.67. The lowest BCUT2D eigenvalue weighted by molar-refractivity contribution is -0.129. The van der Waals surface area contributed by atoms with E-state index in [1.54, 1.807) is 0 Å². The molecular formula is C15H21ClN2O3. The van der Waals surface area contributed by atoms with E-state index in [2.05, 4.69) is 6.92 Å². The zero-order valence-corrected chi connectivity index (χ0v) is 12.9. The van der Waals surface area contributed by atoms with E-state index in [1.165, 1.54) is 0 Å². The molecule has 3 rings (SSSR count). The number of carbonyl (C=O) groups is 1. The fraction of sp³-hybridized carbons (Fsp3) is 0.533. The summed E-state index contributed by atoms with van der Waals surface area (Å²) >= 11 is 0. The number of likely N-dealkylation sites (tertiary alicyclic amines) is 1. The van der Waals surface area contributed by atoms with Gasteiger partial charge in [-0.05, 0) is 36.1 Å². The summed E-state index contributed by atoms with van der Waals surface area (Å²) in [5, 5.41) is 0. The van der Waals surface area contributed by atoms with E-state index < -0.39 is 0 Å². The van der Waals surface area contributed by atoms with Gasteiger partial charge in [-0.3, -0.25) is 4.79 Å². The minimum absolute atomic E-state index is 0.